The van der Waals surface area contributed by atoms with E-state index in [-0.39, 0.29) is 27.8 Å². The second-order valence-corrected chi connectivity index (χ2v) is 7.43. The largest absolute Gasteiger partial charge is 0.452 e. The Labute approximate surface area is 181 Å². The number of halogens is 3. The van der Waals surface area contributed by atoms with Crippen LogP contribution in [0.15, 0.2) is 60.4 Å². The highest BCUT2D eigenvalue weighted by Crippen LogP contribution is 2.38. The number of carbonyl (C=O) groups is 2. The molecule has 0 bridgehead atoms. The Bertz CT molecular complexity index is 1200. The minimum Gasteiger partial charge on any atom is -0.452 e. The molecule has 0 aromatic heterocycles. The number of fused-ring (bicyclic) bond motifs is 1. The summed E-state index contributed by atoms with van der Waals surface area (Å²) in [6.07, 6.45) is 1.26. The Morgan fingerprint density at radius 2 is 1.83 bits per heavy atom. The zero-order chi connectivity index (χ0) is 21.4. The molecule has 1 heterocycles. The molecule has 4 rings (SSSR count). The van der Waals surface area contributed by atoms with Crippen LogP contribution < -0.4 is 9.47 Å². The van der Waals surface area contributed by atoms with Crippen molar-refractivity contribution in [3.63, 3.8) is 0 Å². The molecule has 0 saturated carbocycles. The molecule has 30 heavy (non-hydrogen) atoms. The smallest absolute Gasteiger partial charge is 0.343 e. The van der Waals surface area contributed by atoms with Gasteiger partial charge >= 0.3 is 5.97 Å². The topological polar surface area (TPSA) is 52.6 Å². The fourth-order valence-electron chi connectivity index (χ4n) is 3.07. The van der Waals surface area contributed by atoms with Gasteiger partial charge in [-0.2, -0.15) is 0 Å². The van der Waals surface area contributed by atoms with Crippen molar-refractivity contribution in [2.24, 2.45) is 0 Å². The molecule has 0 radical (unpaired) electrons. The maximum absolute atomic E-state index is 14.1. The molecule has 0 saturated heterocycles. The number of ketones is 1. The summed E-state index contributed by atoms with van der Waals surface area (Å²) in [5, 5.41) is 0.658. The maximum Gasteiger partial charge on any atom is 0.343 e. The number of carbonyl (C=O) groups excluding carboxylic acids is 2. The number of hydrogen-bond donors (Lipinski definition) is 0. The predicted octanol–water partition coefficient (Wildman–Crippen LogP) is 6.28. The third-order valence-corrected chi connectivity index (χ3v) is 5.09. The monoisotopic (exact) mass is 442 g/mol. The molecule has 3 aromatic rings. The number of hydrogen-bond acceptors (Lipinski definition) is 4. The van der Waals surface area contributed by atoms with Gasteiger partial charge in [-0.3, -0.25) is 4.79 Å². The van der Waals surface area contributed by atoms with Crippen LogP contribution in [0.2, 0.25) is 10.0 Å². The van der Waals surface area contributed by atoms with E-state index < -0.39 is 17.6 Å². The lowest BCUT2D eigenvalue weighted by Gasteiger charge is -2.08. The lowest BCUT2D eigenvalue weighted by atomic mass is 10.0. The Morgan fingerprint density at radius 3 is 2.53 bits per heavy atom. The lowest BCUT2D eigenvalue weighted by Crippen LogP contribution is -2.08. The Hall–Kier alpha value is -3.15. The zero-order valence-corrected chi connectivity index (χ0v) is 17.1. The van der Waals surface area contributed by atoms with Crippen LogP contribution >= 0.6 is 23.2 Å². The maximum atomic E-state index is 14.1. The SMILES string of the molecule is Cc1cc(OC(=O)c2ccc(Cl)cc2)cc2c1C(=O)/C(=C/c1c(F)cccc1Cl)O2. The van der Waals surface area contributed by atoms with Crippen LogP contribution in [0.4, 0.5) is 4.39 Å². The first-order valence-electron chi connectivity index (χ1n) is 8.84. The second kappa shape index (κ2) is 7.94. The van der Waals surface area contributed by atoms with Crippen molar-refractivity contribution in [3.8, 4) is 11.5 Å². The van der Waals surface area contributed by atoms with Crippen molar-refractivity contribution >= 4 is 41.0 Å². The summed E-state index contributed by atoms with van der Waals surface area (Å²) in [5.74, 6) is -1.19. The van der Waals surface area contributed by atoms with Gasteiger partial charge in [-0.05, 0) is 61.0 Å². The van der Waals surface area contributed by atoms with Crippen LogP contribution in [-0.4, -0.2) is 11.8 Å². The van der Waals surface area contributed by atoms with E-state index in [1.165, 1.54) is 30.3 Å². The fraction of sp³-hybridized carbons (Fsp3) is 0.0435. The molecule has 0 unspecified atom stereocenters. The van der Waals surface area contributed by atoms with Crippen LogP contribution in [0, 0.1) is 12.7 Å². The summed E-state index contributed by atoms with van der Waals surface area (Å²) in [6, 6.07) is 13.5. The molecule has 0 spiro atoms. The van der Waals surface area contributed by atoms with Crippen LogP contribution in [0.1, 0.15) is 31.8 Å². The molecular formula is C23H13Cl2FO4. The van der Waals surface area contributed by atoms with Gasteiger partial charge in [-0.15, -0.1) is 0 Å². The predicted molar refractivity (Wildman–Crippen MR) is 112 cm³/mol. The third kappa shape index (κ3) is 3.82. The van der Waals surface area contributed by atoms with E-state index in [1.807, 2.05) is 0 Å². The van der Waals surface area contributed by atoms with Crippen molar-refractivity contribution in [2.75, 3.05) is 0 Å². The summed E-state index contributed by atoms with van der Waals surface area (Å²) in [4.78, 5) is 25.1. The number of esters is 1. The van der Waals surface area contributed by atoms with E-state index >= 15 is 0 Å². The third-order valence-electron chi connectivity index (χ3n) is 4.51. The van der Waals surface area contributed by atoms with Crippen LogP contribution in [0.5, 0.6) is 11.5 Å². The van der Waals surface area contributed by atoms with Gasteiger partial charge in [0.25, 0.3) is 0 Å². The first-order valence-corrected chi connectivity index (χ1v) is 9.60. The standard InChI is InChI=1S/C23H13Cl2FO4/c1-12-9-15(29-23(28)13-5-7-14(24)8-6-13)10-19-21(12)22(27)20(30-19)11-16-17(25)3-2-4-18(16)26/h2-11H,1H3/b20-11-. The summed E-state index contributed by atoms with van der Waals surface area (Å²) in [6.45, 7) is 1.69. The van der Waals surface area contributed by atoms with Crippen LogP contribution in [0.3, 0.4) is 0 Å². The highest BCUT2D eigenvalue weighted by atomic mass is 35.5. The number of ether oxygens (including phenoxy) is 2. The van der Waals surface area contributed by atoms with Gasteiger partial charge in [0.05, 0.1) is 16.1 Å². The van der Waals surface area contributed by atoms with Crippen molar-refractivity contribution in [2.45, 2.75) is 6.92 Å². The van der Waals surface area contributed by atoms with Crippen molar-refractivity contribution in [1.82, 2.24) is 0 Å². The molecule has 0 aliphatic carbocycles. The van der Waals surface area contributed by atoms with E-state index in [1.54, 1.807) is 37.3 Å². The Balaban J connectivity index is 1.63. The lowest BCUT2D eigenvalue weighted by molar-refractivity contribution is 0.0734. The fourth-order valence-corrected chi connectivity index (χ4v) is 3.41. The minimum atomic E-state index is -0.579. The highest BCUT2D eigenvalue weighted by molar-refractivity contribution is 6.32. The summed E-state index contributed by atoms with van der Waals surface area (Å²) in [7, 11) is 0. The molecule has 3 aromatic carbocycles. The first-order chi connectivity index (χ1) is 14.3. The molecule has 150 valence electrons. The van der Waals surface area contributed by atoms with Gasteiger partial charge in [0.15, 0.2) is 5.76 Å². The van der Waals surface area contributed by atoms with Crippen LogP contribution in [0.25, 0.3) is 6.08 Å². The average molecular weight is 443 g/mol. The number of rotatable bonds is 3. The molecule has 0 N–H and O–H groups in total. The average Bonchev–Trinajstić information content (AvgIpc) is 3.01. The van der Waals surface area contributed by atoms with Gasteiger partial charge in [-0.25, -0.2) is 9.18 Å². The molecule has 4 nitrogen and oxygen atoms in total. The van der Waals surface area contributed by atoms with Crippen molar-refractivity contribution in [3.05, 3.63) is 98.5 Å². The van der Waals surface area contributed by atoms with Gasteiger partial charge in [-0.1, -0.05) is 29.3 Å². The quantitative estimate of drug-likeness (QED) is 0.272. The van der Waals surface area contributed by atoms with E-state index in [4.69, 9.17) is 32.7 Å². The van der Waals surface area contributed by atoms with Gasteiger partial charge in [0, 0.05) is 16.7 Å². The molecule has 0 fully saturated rings. The van der Waals surface area contributed by atoms with Crippen LogP contribution in [-0.2, 0) is 0 Å². The number of Topliss-reactive ketones (excluding diaryl/α,β-unsaturated/α-hetero) is 1. The normalized spacial score (nSPS) is 13.9. The van der Waals surface area contributed by atoms with E-state index in [0.717, 1.165) is 0 Å². The minimum absolute atomic E-state index is 0.0577. The van der Waals surface area contributed by atoms with Gasteiger partial charge < -0.3 is 9.47 Å². The van der Waals surface area contributed by atoms with Gasteiger partial charge in [0.1, 0.15) is 17.3 Å². The number of allylic oxidation sites excluding steroid dienone is 1. The van der Waals surface area contributed by atoms with Gasteiger partial charge in [0.2, 0.25) is 5.78 Å². The van der Waals surface area contributed by atoms with Crippen molar-refractivity contribution in [1.29, 1.82) is 0 Å². The van der Waals surface area contributed by atoms with E-state index in [0.29, 0.717) is 21.7 Å². The Morgan fingerprint density at radius 1 is 1.10 bits per heavy atom. The molecule has 0 atom stereocenters. The molecule has 1 aliphatic rings. The highest BCUT2D eigenvalue weighted by Gasteiger charge is 2.31. The zero-order valence-electron chi connectivity index (χ0n) is 15.5. The van der Waals surface area contributed by atoms with E-state index in [9.17, 15) is 14.0 Å². The Kier molecular flexibility index (Phi) is 5.33. The molecule has 1 aliphatic heterocycles. The molecule has 0 amide bonds. The second-order valence-electron chi connectivity index (χ2n) is 6.58. The number of aryl methyl sites for hydroxylation is 1. The van der Waals surface area contributed by atoms with E-state index in [2.05, 4.69) is 0 Å². The summed E-state index contributed by atoms with van der Waals surface area (Å²) in [5.41, 5.74) is 1.26. The molecule has 7 heteroatoms. The number of benzene rings is 3. The summed E-state index contributed by atoms with van der Waals surface area (Å²) >= 11 is 11.9. The first kappa shape index (κ1) is 20.1. The van der Waals surface area contributed by atoms with Crippen molar-refractivity contribution < 1.29 is 23.5 Å². The molecular weight excluding hydrogens is 430 g/mol. The summed E-state index contributed by atoms with van der Waals surface area (Å²) < 4.78 is 25.1.